The Bertz CT molecular complexity index is 372. The summed E-state index contributed by atoms with van der Waals surface area (Å²) in [5.74, 6) is 0.633. The van der Waals surface area contributed by atoms with Gasteiger partial charge in [0.2, 0.25) is 0 Å². The molecule has 0 amide bonds. The normalized spacial score (nSPS) is 10.4. The Morgan fingerprint density at radius 1 is 1.50 bits per heavy atom. The third-order valence-corrected chi connectivity index (χ3v) is 1.77. The van der Waals surface area contributed by atoms with Crippen LogP contribution in [0.1, 0.15) is 12.5 Å². The number of nitro benzene ring substituents is 1. The van der Waals surface area contributed by atoms with Gasteiger partial charge in [-0.05, 0) is 13.0 Å². The molecule has 0 saturated heterocycles. The van der Waals surface area contributed by atoms with Crippen LogP contribution in [0, 0.1) is 10.1 Å². The minimum absolute atomic E-state index is 0.0684. The topological polar surface area (TPSA) is 52.4 Å². The Hall–Kier alpha value is -1.84. The van der Waals surface area contributed by atoms with Gasteiger partial charge in [0.05, 0.1) is 12.0 Å². The summed E-state index contributed by atoms with van der Waals surface area (Å²) < 4.78 is 5.06. The van der Waals surface area contributed by atoms with Crippen LogP contribution in [0.15, 0.2) is 24.3 Å². The minimum Gasteiger partial charge on any atom is -0.496 e. The number of nitrogens with zero attached hydrogens (tertiary/aromatic N) is 1. The zero-order valence-electron chi connectivity index (χ0n) is 8.06. The van der Waals surface area contributed by atoms with Crippen LogP contribution >= 0.6 is 0 Å². The summed E-state index contributed by atoms with van der Waals surface area (Å²) in [5.41, 5.74) is 0.781. The number of ether oxygens (including phenoxy) is 1. The van der Waals surface area contributed by atoms with E-state index in [0.29, 0.717) is 11.3 Å². The number of rotatable bonds is 3. The maximum atomic E-state index is 10.5. The van der Waals surface area contributed by atoms with Crippen LogP contribution < -0.4 is 4.74 Å². The molecule has 4 nitrogen and oxygen atoms in total. The molecule has 0 spiro atoms. The van der Waals surface area contributed by atoms with E-state index in [2.05, 4.69) is 0 Å². The molecule has 0 unspecified atom stereocenters. The number of non-ortho nitro benzene ring substituents is 1. The van der Waals surface area contributed by atoms with E-state index >= 15 is 0 Å². The van der Waals surface area contributed by atoms with Crippen molar-refractivity contribution in [3.63, 3.8) is 0 Å². The molecule has 0 aliphatic carbocycles. The fourth-order valence-electron chi connectivity index (χ4n) is 1.15. The summed E-state index contributed by atoms with van der Waals surface area (Å²) in [6.07, 6.45) is 3.58. The lowest BCUT2D eigenvalue weighted by Gasteiger charge is -2.03. The molecule has 4 heteroatoms. The number of hydrogen-bond acceptors (Lipinski definition) is 3. The first kappa shape index (κ1) is 10.2. The number of hydrogen-bond donors (Lipinski definition) is 0. The van der Waals surface area contributed by atoms with Crippen molar-refractivity contribution in [2.45, 2.75) is 6.92 Å². The minimum atomic E-state index is -0.424. The lowest BCUT2D eigenvalue weighted by molar-refractivity contribution is -0.384. The first-order chi connectivity index (χ1) is 6.69. The quantitative estimate of drug-likeness (QED) is 0.547. The van der Waals surface area contributed by atoms with Crippen molar-refractivity contribution in [2.75, 3.05) is 7.11 Å². The summed E-state index contributed by atoms with van der Waals surface area (Å²) >= 11 is 0. The van der Waals surface area contributed by atoms with E-state index in [1.165, 1.54) is 19.2 Å². The molecule has 0 aliphatic heterocycles. The highest BCUT2D eigenvalue weighted by molar-refractivity contribution is 5.60. The second kappa shape index (κ2) is 4.41. The van der Waals surface area contributed by atoms with Gasteiger partial charge in [-0.15, -0.1) is 0 Å². The van der Waals surface area contributed by atoms with Crippen LogP contribution in [0.3, 0.4) is 0 Å². The Labute approximate surface area is 82.0 Å². The number of allylic oxidation sites excluding steroid dienone is 1. The molecule has 0 aliphatic rings. The number of nitro groups is 1. The van der Waals surface area contributed by atoms with E-state index in [1.807, 2.05) is 13.0 Å². The van der Waals surface area contributed by atoms with Crippen molar-refractivity contribution in [3.8, 4) is 5.75 Å². The van der Waals surface area contributed by atoms with Crippen LogP contribution in [0.5, 0.6) is 5.75 Å². The molecule has 74 valence electrons. The highest BCUT2D eigenvalue weighted by atomic mass is 16.6. The fourth-order valence-corrected chi connectivity index (χ4v) is 1.15. The summed E-state index contributed by atoms with van der Waals surface area (Å²) in [7, 11) is 1.54. The average Bonchev–Trinajstić information content (AvgIpc) is 2.18. The van der Waals surface area contributed by atoms with Gasteiger partial charge >= 0.3 is 0 Å². The first-order valence-corrected chi connectivity index (χ1v) is 4.14. The van der Waals surface area contributed by atoms with Crippen molar-refractivity contribution in [1.29, 1.82) is 0 Å². The van der Waals surface area contributed by atoms with Crippen LogP contribution in [0.25, 0.3) is 6.08 Å². The predicted molar refractivity (Wildman–Crippen MR) is 54.4 cm³/mol. The molecular weight excluding hydrogens is 182 g/mol. The zero-order chi connectivity index (χ0) is 10.6. The first-order valence-electron chi connectivity index (χ1n) is 4.14. The maximum Gasteiger partial charge on any atom is 0.270 e. The van der Waals surface area contributed by atoms with Gasteiger partial charge in [-0.2, -0.15) is 0 Å². The predicted octanol–water partition coefficient (Wildman–Crippen LogP) is 2.64. The molecule has 0 heterocycles. The molecule has 0 saturated carbocycles. The van der Waals surface area contributed by atoms with Crippen LogP contribution in [0.2, 0.25) is 0 Å². The summed E-state index contributed by atoms with van der Waals surface area (Å²) in [6.45, 7) is 1.85. The van der Waals surface area contributed by atoms with Gasteiger partial charge in [-0.3, -0.25) is 10.1 Å². The summed E-state index contributed by atoms with van der Waals surface area (Å²) in [5, 5.41) is 10.5. The van der Waals surface area contributed by atoms with E-state index in [9.17, 15) is 10.1 Å². The third kappa shape index (κ3) is 2.10. The van der Waals surface area contributed by atoms with E-state index < -0.39 is 4.92 Å². The Balaban J connectivity index is 3.20. The molecular formula is C10H11NO3. The third-order valence-electron chi connectivity index (χ3n) is 1.77. The van der Waals surface area contributed by atoms with Crippen LogP contribution in [-0.2, 0) is 0 Å². The molecule has 0 fully saturated rings. The monoisotopic (exact) mass is 193 g/mol. The highest BCUT2D eigenvalue weighted by Gasteiger charge is 2.08. The van der Waals surface area contributed by atoms with E-state index in [0.717, 1.165) is 0 Å². The van der Waals surface area contributed by atoms with E-state index in [-0.39, 0.29) is 5.69 Å². The second-order valence-corrected chi connectivity index (χ2v) is 2.68. The van der Waals surface area contributed by atoms with Gasteiger partial charge in [-0.1, -0.05) is 12.2 Å². The van der Waals surface area contributed by atoms with Gasteiger partial charge in [-0.25, -0.2) is 0 Å². The molecule has 0 radical (unpaired) electrons. The average molecular weight is 193 g/mol. The van der Waals surface area contributed by atoms with Gasteiger partial charge in [0, 0.05) is 17.7 Å². The van der Waals surface area contributed by atoms with Gasteiger partial charge in [0.1, 0.15) is 5.75 Å². The van der Waals surface area contributed by atoms with Gasteiger partial charge < -0.3 is 4.74 Å². The Kier molecular flexibility index (Phi) is 3.23. The van der Waals surface area contributed by atoms with Crippen LogP contribution in [-0.4, -0.2) is 12.0 Å². The zero-order valence-corrected chi connectivity index (χ0v) is 8.06. The smallest absolute Gasteiger partial charge is 0.270 e. The molecule has 1 aromatic rings. The van der Waals surface area contributed by atoms with E-state index in [4.69, 9.17) is 4.74 Å². The molecule has 0 N–H and O–H groups in total. The standard InChI is InChI=1S/C10H11NO3/c1-3-4-8-7-9(11(12)13)5-6-10(8)14-2/h3-7H,1-2H3/b4-3+. The molecule has 0 bridgehead atoms. The van der Waals surface area contributed by atoms with Gasteiger partial charge in [0.15, 0.2) is 0 Å². The van der Waals surface area contributed by atoms with Crippen molar-refractivity contribution < 1.29 is 9.66 Å². The largest absolute Gasteiger partial charge is 0.496 e. The van der Waals surface area contributed by atoms with Gasteiger partial charge in [0.25, 0.3) is 5.69 Å². The lowest BCUT2D eigenvalue weighted by atomic mass is 10.1. The molecule has 14 heavy (non-hydrogen) atoms. The number of methoxy groups -OCH3 is 1. The molecule has 1 aromatic carbocycles. The highest BCUT2D eigenvalue weighted by Crippen LogP contribution is 2.24. The Morgan fingerprint density at radius 2 is 2.21 bits per heavy atom. The van der Waals surface area contributed by atoms with Crippen LogP contribution in [0.4, 0.5) is 5.69 Å². The summed E-state index contributed by atoms with van der Waals surface area (Å²) in [4.78, 5) is 10.1. The Morgan fingerprint density at radius 3 is 2.71 bits per heavy atom. The second-order valence-electron chi connectivity index (χ2n) is 2.68. The molecule has 1 rings (SSSR count). The number of benzene rings is 1. The van der Waals surface area contributed by atoms with E-state index in [1.54, 1.807) is 12.1 Å². The fraction of sp³-hybridized carbons (Fsp3) is 0.200. The van der Waals surface area contributed by atoms with Crippen molar-refractivity contribution in [3.05, 3.63) is 40.0 Å². The summed E-state index contributed by atoms with van der Waals surface area (Å²) in [6, 6.07) is 4.50. The maximum absolute atomic E-state index is 10.5. The molecule has 0 atom stereocenters. The SMILES string of the molecule is C/C=C/c1cc([N+](=O)[O-])ccc1OC. The lowest BCUT2D eigenvalue weighted by Crippen LogP contribution is -1.91. The molecule has 0 aromatic heterocycles. The van der Waals surface area contributed by atoms with Crippen molar-refractivity contribution in [2.24, 2.45) is 0 Å². The van der Waals surface area contributed by atoms with Crippen molar-refractivity contribution >= 4 is 11.8 Å². The van der Waals surface area contributed by atoms with Crippen molar-refractivity contribution in [1.82, 2.24) is 0 Å².